The van der Waals surface area contributed by atoms with Crippen molar-refractivity contribution in [2.75, 3.05) is 19.8 Å². The number of hydrogen-bond donors (Lipinski definition) is 2. The third-order valence-electron chi connectivity index (χ3n) is 2.92. The third kappa shape index (κ3) is 3.92. The molecule has 0 radical (unpaired) electrons. The molecule has 0 bridgehead atoms. The lowest BCUT2D eigenvalue weighted by atomic mass is 10.1. The molecule has 1 fully saturated rings. The molecule has 7 nitrogen and oxygen atoms in total. The van der Waals surface area contributed by atoms with E-state index in [1.165, 1.54) is 12.3 Å². The summed E-state index contributed by atoms with van der Waals surface area (Å²) in [6.07, 6.45) is 2.91. The lowest BCUT2D eigenvalue weighted by molar-refractivity contribution is -0.124. The van der Waals surface area contributed by atoms with Crippen LogP contribution in [0.3, 0.4) is 0 Å². The Morgan fingerprint density at radius 3 is 2.90 bits per heavy atom. The second kappa shape index (κ2) is 6.85. The Morgan fingerprint density at radius 2 is 2.20 bits per heavy atom. The molecule has 108 valence electrons. The second-order valence-corrected chi connectivity index (χ2v) is 4.40. The standard InChI is InChI=1S/C13H16N2O5/c16-11(15-9-3-6-19-7-4-9)8-20-10-2-1-5-14-12(10)13(17)18/h1-2,5,9H,3-4,6-8H2,(H,15,16)(H,17,18). The smallest absolute Gasteiger partial charge is 0.358 e. The zero-order valence-electron chi connectivity index (χ0n) is 10.9. The van der Waals surface area contributed by atoms with Crippen molar-refractivity contribution in [3.8, 4) is 5.75 Å². The average molecular weight is 280 g/mol. The van der Waals surface area contributed by atoms with Gasteiger partial charge in [-0.3, -0.25) is 4.79 Å². The summed E-state index contributed by atoms with van der Waals surface area (Å²) in [6.45, 7) is 1.04. The first-order valence-corrected chi connectivity index (χ1v) is 6.35. The van der Waals surface area contributed by atoms with Crippen LogP contribution in [0.25, 0.3) is 0 Å². The molecule has 0 atom stereocenters. The molecule has 1 aliphatic rings. The molecule has 1 amide bonds. The van der Waals surface area contributed by atoms with Crippen molar-refractivity contribution >= 4 is 11.9 Å². The first-order valence-electron chi connectivity index (χ1n) is 6.35. The van der Waals surface area contributed by atoms with Crippen LogP contribution in [0.2, 0.25) is 0 Å². The highest BCUT2D eigenvalue weighted by Gasteiger charge is 2.17. The molecule has 0 unspecified atom stereocenters. The minimum absolute atomic E-state index is 0.0853. The Morgan fingerprint density at radius 1 is 1.45 bits per heavy atom. The zero-order valence-corrected chi connectivity index (χ0v) is 10.9. The fraction of sp³-hybridized carbons (Fsp3) is 0.462. The maximum Gasteiger partial charge on any atom is 0.358 e. The molecule has 1 aromatic rings. The van der Waals surface area contributed by atoms with Gasteiger partial charge in [-0.1, -0.05) is 0 Å². The lowest BCUT2D eigenvalue weighted by Crippen LogP contribution is -2.41. The Labute approximate surface area is 115 Å². The molecule has 0 saturated carbocycles. The van der Waals surface area contributed by atoms with E-state index in [0.29, 0.717) is 13.2 Å². The number of pyridine rings is 1. The van der Waals surface area contributed by atoms with Gasteiger partial charge < -0.3 is 19.9 Å². The maximum atomic E-state index is 11.7. The third-order valence-corrected chi connectivity index (χ3v) is 2.92. The SMILES string of the molecule is O=C(COc1cccnc1C(=O)O)NC1CCOCC1. The first-order chi connectivity index (χ1) is 9.66. The van der Waals surface area contributed by atoms with Crippen molar-refractivity contribution in [3.63, 3.8) is 0 Å². The van der Waals surface area contributed by atoms with Crippen LogP contribution in [-0.2, 0) is 9.53 Å². The van der Waals surface area contributed by atoms with Crippen LogP contribution < -0.4 is 10.1 Å². The number of aromatic carboxylic acids is 1. The highest BCUT2D eigenvalue weighted by molar-refractivity contribution is 5.88. The quantitative estimate of drug-likeness (QED) is 0.813. The van der Waals surface area contributed by atoms with Crippen molar-refractivity contribution in [3.05, 3.63) is 24.0 Å². The van der Waals surface area contributed by atoms with Gasteiger partial charge in [0.15, 0.2) is 18.1 Å². The van der Waals surface area contributed by atoms with E-state index < -0.39 is 5.97 Å². The van der Waals surface area contributed by atoms with Crippen LogP contribution in [0.1, 0.15) is 23.3 Å². The topological polar surface area (TPSA) is 97.8 Å². The van der Waals surface area contributed by atoms with Crippen LogP contribution in [0.5, 0.6) is 5.75 Å². The van der Waals surface area contributed by atoms with Gasteiger partial charge in [0, 0.05) is 25.5 Å². The van der Waals surface area contributed by atoms with Gasteiger partial charge in [0.2, 0.25) is 0 Å². The van der Waals surface area contributed by atoms with Gasteiger partial charge in [0.05, 0.1) is 0 Å². The number of aromatic nitrogens is 1. The fourth-order valence-corrected chi connectivity index (χ4v) is 1.92. The number of carboxylic acids is 1. The van der Waals surface area contributed by atoms with Crippen LogP contribution in [-0.4, -0.2) is 47.8 Å². The summed E-state index contributed by atoms with van der Waals surface area (Å²) in [4.78, 5) is 26.3. The molecule has 2 heterocycles. The molecule has 0 spiro atoms. The molecule has 7 heteroatoms. The average Bonchev–Trinajstić information content (AvgIpc) is 2.46. The van der Waals surface area contributed by atoms with Crippen molar-refractivity contribution in [2.24, 2.45) is 0 Å². The number of hydrogen-bond acceptors (Lipinski definition) is 5. The van der Waals surface area contributed by atoms with E-state index >= 15 is 0 Å². The first kappa shape index (κ1) is 14.3. The number of rotatable bonds is 5. The Bertz CT molecular complexity index is 485. The largest absolute Gasteiger partial charge is 0.481 e. The highest BCUT2D eigenvalue weighted by atomic mass is 16.5. The Kier molecular flexibility index (Phi) is 4.89. The number of ether oxygens (including phenoxy) is 2. The molecule has 0 aliphatic carbocycles. The number of carboxylic acid groups (broad SMARTS) is 1. The van der Waals surface area contributed by atoms with E-state index in [0.717, 1.165) is 12.8 Å². The summed E-state index contributed by atoms with van der Waals surface area (Å²) in [5.74, 6) is -1.38. The monoisotopic (exact) mass is 280 g/mol. The number of nitrogens with zero attached hydrogens (tertiary/aromatic N) is 1. The molecule has 20 heavy (non-hydrogen) atoms. The molecule has 2 rings (SSSR count). The van der Waals surface area contributed by atoms with Gasteiger partial charge >= 0.3 is 5.97 Å². The van der Waals surface area contributed by atoms with E-state index in [4.69, 9.17) is 14.6 Å². The number of carbonyl (C=O) groups excluding carboxylic acids is 1. The Hall–Kier alpha value is -2.15. The molecular formula is C13H16N2O5. The fourth-order valence-electron chi connectivity index (χ4n) is 1.92. The maximum absolute atomic E-state index is 11.7. The van der Waals surface area contributed by atoms with Gasteiger partial charge in [0.1, 0.15) is 0 Å². The molecule has 2 N–H and O–H groups in total. The van der Waals surface area contributed by atoms with E-state index in [2.05, 4.69) is 10.3 Å². The summed E-state index contributed by atoms with van der Waals surface area (Å²) in [7, 11) is 0. The molecule has 0 aromatic carbocycles. The van der Waals surface area contributed by atoms with Gasteiger partial charge in [-0.2, -0.15) is 0 Å². The lowest BCUT2D eigenvalue weighted by Gasteiger charge is -2.23. The number of carbonyl (C=O) groups is 2. The van der Waals surface area contributed by atoms with E-state index in [9.17, 15) is 9.59 Å². The summed E-state index contributed by atoms with van der Waals surface area (Å²) in [5.41, 5.74) is -0.202. The van der Waals surface area contributed by atoms with Crippen LogP contribution in [0.4, 0.5) is 0 Å². The minimum Gasteiger partial charge on any atom is -0.481 e. The molecule has 1 saturated heterocycles. The van der Waals surface area contributed by atoms with E-state index in [1.807, 2.05) is 0 Å². The zero-order chi connectivity index (χ0) is 14.4. The van der Waals surface area contributed by atoms with Crippen LogP contribution >= 0.6 is 0 Å². The molecular weight excluding hydrogens is 264 g/mol. The van der Waals surface area contributed by atoms with E-state index in [-0.39, 0.29) is 30.0 Å². The van der Waals surface area contributed by atoms with Gasteiger partial charge in [0.25, 0.3) is 5.91 Å². The number of amides is 1. The van der Waals surface area contributed by atoms with Crippen molar-refractivity contribution in [1.82, 2.24) is 10.3 Å². The predicted octanol–water partition coefficient (Wildman–Crippen LogP) is 0.454. The normalized spacial score (nSPS) is 15.6. The summed E-state index contributed by atoms with van der Waals surface area (Å²) in [5, 5.41) is 11.8. The van der Waals surface area contributed by atoms with Gasteiger partial charge in [-0.15, -0.1) is 0 Å². The summed E-state index contributed by atoms with van der Waals surface area (Å²) in [6, 6.07) is 3.11. The Balaban J connectivity index is 1.85. The van der Waals surface area contributed by atoms with Gasteiger partial charge in [-0.25, -0.2) is 9.78 Å². The van der Waals surface area contributed by atoms with Crippen LogP contribution in [0, 0.1) is 0 Å². The van der Waals surface area contributed by atoms with Crippen LogP contribution in [0.15, 0.2) is 18.3 Å². The summed E-state index contributed by atoms with van der Waals surface area (Å²) < 4.78 is 10.4. The van der Waals surface area contributed by atoms with Crippen molar-refractivity contribution in [1.29, 1.82) is 0 Å². The highest BCUT2D eigenvalue weighted by Crippen LogP contribution is 2.15. The molecule has 1 aliphatic heterocycles. The number of nitrogens with one attached hydrogen (secondary N) is 1. The van der Waals surface area contributed by atoms with E-state index in [1.54, 1.807) is 6.07 Å². The summed E-state index contributed by atoms with van der Waals surface area (Å²) >= 11 is 0. The van der Waals surface area contributed by atoms with Crippen molar-refractivity contribution in [2.45, 2.75) is 18.9 Å². The second-order valence-electron chi connectivity index (χ2n) is 4.40. The van der Waals surface area contributed by atoms with Crippen molar-refractivity contribution < 1.29 is 24.2 Å². The predicted molar refractivity (Wildman–Crippen MR) is 68.7 cm³/mol. The minimum atomic E-state index is -1.19. The molecule has 1 aromatic heterocycles. The van der Waals surface area contributed by atoms with Gasteiger partial charge in [-0.05, 0) is 25.0 Å².